The monoisotopic (exact) mass is 563 g/mol. The summed E-state index contributed by atoms with van der Waals surface area (Å²) in [6.45, 7) is 9.16. The van der Waals surface area contributed by atoms with Crippen LogP contribution in [0.1, 0.15) is 35.5 Å². The normalized spacial score (nSPS) is 13.3. The van der Waals surface area contributed by atoms with Crippen LogP contribution >= 0.6 is 11.3 Å². The quantitative estimate of drug-likeness (QED) is 0.399. The molecule has 0 spiro atoms. The van der Waals surface area contributed by atoms with Crippen molar-refractivity contribution in [1.29, 1.82) is 0 Å². The minimum Gasteiger partial charge on any atom is -0.497 e. The van der Waals surface area contributed by atoms with E-state index in [1.54, 1.807) is 29.5 Å². The lowest BCUT2D eigenvalue weighted by Gasteiger charge is -2.36. The zero-order chi connectivity index (χ0) is 28.6. The average molecular weight is 564 g/mol. The Bertz CT molecular complexity index is 1300. The Hall–Kier alpha value is -3.92. The number of methoxy groups -OCH3 is 1. The van der Waals surface area contributed by atoms with Crippen molar-refractivity contribution in [3.8, 4) is 5.75 Å². The van der Waals surface area contributed by atoms with Crippen LogP contribution in [0.25, 0.3) is 0 Å². The van der Waals surface area contributed by atoms with Gasteiger partial charge in [-0.15, -0.1) is 11.3 Å². The van der Waals surface area contributed by atoms with Gasteiger partial charge in [-0.25, -0.2) is 4.98 Å². The second kappa shape index (κ2) is 13.4. The summed E-state index contributed by atoms with van der Waals surface area (Å²) in [5, 5.41) is 5.02. The van der Waals surface area contributed by atoms with E-state index in [1.165, 1.54) is 11.3 Å². The Morgan fingerprint density at radius 2 is 1.70 bits per heavy atom. The molecule has 0 aliphatic carbocycles. The number of hydrogen-bond acceptors (Lipinski definition) is 7. The molecule has 9 nitrogen and oxygen atoms in total. The molecule has 4 rings (SSSR count). The zero-order valence-electron chi connectivity index (χ0n) is 23.6. The van der Waals surface area contributed by atoms with Crippen molar-refractivity contribution in [1.82, 2.24) is 14.8 Å². The number of thiazole rings is 1. The highest BCUT2D eigenvalue weighted by Gasteiger charge is 2.23. The molecule has 2 aromatic carbocycles. The number of benzene rings is 2. The summed E-state index contributed by atoms with van der Waals surface area (Å²) < 4.78 is 5.23. The summed E-state index contributed by atoms with van der Waals surface area (Å²) in [5.41, 5.74) is 3.36. The Labute approximate surface area is 239 Å². The second-order valence-electron chi connectivity index (χ2n) is 10.4. The number of nitrogens with one attached hydrogen (secondary N) is 1. The van der Waals surface area contributed by atoms with Crippen molar-refractivity contribution in [3.05, 3.63) is 70.7 Å². The predicted octanol–water partition coefficient (Wildman–Crippen LogP) is 4.09. The van der Waals surface area contributed by atoms with Crippen LogP contribution in [0.15, 0.2) is 53.9 Å². The van der Waals surface area contributed by atoms with Gasteiger partial charge in [0.25, 0.3) is 5.91 Å². The van der Waals surface area contributed by atoms with Crippen LogP contribution in [0.4, 0.5) is 10.8 Å². The van der Waals surface area contributed by atoms with Crippen LogP contribution in [0, 0.1) is 12.8 Å². The standard InChI is InChI=1S/C30H37N5O4S/c1-21(2)18-35(29(38)23-7-5-22(3)6-8-23)19-27(36)32-30-31-24(20-40-30)17-28(37)34-15-13-33(14-16-34)25-9-11-26(39-4)12-10-25/h5-12,20-21H,13-19H2,1-4H3,(H,31,32,36). The molecule has 0 atom stereocenters. The molecule has 3 amide bonds. The molecule has 3 aromatic rings. The predicted molar refractivity (Wildman–Crippen MR) is 158 cm³/mol. The number of ether oxygens (including phenoxy) is 1. The number of anilines is 2. The minimum atomic E-state index is -0.317. The number of carbonyl (C=O) groups excluding carboxylic acids is 3. The molecule has 212 valence electrons. The first-order chi connectivity index (χ1) is 19.2. The molecule has 1 aliphatic heterocycles. The molecule has 1 fully saturated rings. The SMILES string of the molecule is COc1ccc(N2CCN(C(=O)Cc3csc(NC(=O)CN(CC(C)C)C(=O)c4ccc(C)cc4)n3)CC2)cc1. The van der Waals surface area contributed by atoms with E-state index >= 15 is 0 Å². The molecule has 40 heavy (non-hydrogen) atoms. The summed E-state index contributed by atoms with van der Waals surface area (Å²) in [7, 11) is 1.65. The Morgan fingerprint density at radius 1 is 1.02 bits per heavy atom. The van der Waals surface area contributed by atoms with E-state index in [0.29, 0.717) is 36.0 Å². The lowest BCUT2D eigenvalue weighted by Crippen LogP contribution is -2.49. The van der Waals surface area contributed by atoms with Gasteiger partial charge in [-0.2, -0.15) is 0 Å². The highest BCUT2D eigenvalue weighted by Crippen LogP contribution is 2.21. The maximum Gasteiger partial charge on any atom is 0.254 e. The molecule has 0 saturated carbocycles. The Morgan fingerprint density at radius 3 is 2.33 bits per heavy atom. The van der Waals surface area contributed by atoms with E-state index < -0.39 is 0 Å². The Kier molecular flexibility index (Phi) is 9.76. The van der Waals surface area contributed by atoms with Gasteiger partial charge in [0.05, 0.1) is 19.2 Å². The fraction of sp³-hybridized carbons (Fsp3) is 0.400. The van der Waals surface area contributed by atoms with Gasteiger partial charge in [-0.1, -0.05) is 31.5 Å². The fourth-order valence-corrected chi connectivity index (χ4v) is 5.32. The fourth-order valence-electron chi connectivity index (χ4n) is 4.59. The third-order valence-corrected chi connectivity index (χ3v) is 7.51. The van der Waals surface area contributed by atoms with Crippen LogP contribution in [0.5, 0.6) is 5.75 Å². The van der Waals surface area contributed by atoms with Crippen molar-refractivity contribution >= 4 is 39.9 Å². The molecule has 0 unspecified atom stereocenters. The number of hydrogen-bond donors (Lipinski definition) is 1. The summed E-state index contributed by atoms with van der Waals surface area (Å²) in [5.74, 6) is 0.548. The zero-order valence-corrected chi connectivity index (χ0v) is 24.4. The molecular weight excluding hydrogens is 526 g/mol. The summed E-state index contributed by atoms with van der Waals surface area (Å²) in [6.07, 6.45) is 0.181. The molecule has 1 aliphatic rings. The third-order valence-electron chi connectivity index (χ3n) is 6.71. The second-order valence-corrected chi connectivity index (χ2v) is 11.2. The van der Waals surface area contributed by atoms with Crippen LogP contribution in [-0.2, 0) is 16.0 Å². The molecule has 10 heteroatoms. The van der Waals surface area contributed by atoms with Gasteiger partial charge in [0, 0.05) is 49.4 Å². The van der Waals surface area contributed by atoms with Crippen molar-refractivity contribution in [2.45, 2.75) is 27.2 Å². The number of rotatable bonds is 10. The lowest BCUT2D eigenvalue weighted by molar-refractivity contribution is -0.130. The van der Waals surface area contributed by atoms with Crippen LogP contribution in [0.3, 0.4) is 0 Å². The average Bonchev–Trinajstić information content (AvgIpc) is 3.38. The van der Waals surface area contributed by atoms with Gasteiger partial charge in [-0.05, 0) is 49.2 Å². The lowest BCUT2D eigenvalue weighted by atomic mass is 10.1. The van der Waals surface area contributed by atoms with Gasteiger partial charge in [0.15, 0.2) is 5.13 Å². The number of amides is 3. The largest absolute Gasteiger partial charge is 0.497 e. The van der Waals surface area contributed by atoms with Crippen molar-refractivity contribution < 1.29 is 19.1 Å². The molecule has 1 aromatic heterocycles. The van der Waals surface area contributed by atoms with Gasteiger partial charge >= 0.3 is 0 Å². The van der Waals surface area contributed by atoms with E-state index in [1.807, 2.05) is 62.1 Å². The van der Waals surface area contributed by atoms with Crippen LogP contribution in [0.2, 0.25) is 0 Å². The first-order valence-electron chi connectivity index (χ1n) is 13.5. The molecule has 2 heterocycles. The van der Waals surface area contributed by atoms with Gasteiger partial charge in [-0.3, -0.25) is 14.4 Å². The maximum atomic E-state index is 13.1. The topological polar surface area (TPSA) is 95.1 Å². The van der Waals surface area contributed by atoms with Crippen molar-refractivity contribution in [2.75, 3.05) is 56.6 Å². The van der Waals surface area contributed by atoms with E-state index in [0.717, 1.165) is 30.1 Å². The first-order valence-corrected chi connectivity index (χ1v) is 14.4. The number of nitrogens with zero attached hydrogens (tertiary/aromatic N) is 4. The Balaban J connectivity index is 1.27. The smallest absolute Gasteiger partial charge is 0.254 e. The summed E-state index contributed by atoms with van der Waals surface area (Å²) in [6, 6.07) is 15.3. The minimum absolute atomic E-state index is 0.0179. The first kappa shape index (κ1) is 29.1. The molecular formula is C30H37N5O4S. The highest BCUT2D eigenvalue weighted by atomic mass is 32.1. The van der Waals surface area contributed by atoms with E-state index in [-0.39, 0.29) is 36.6 Å². The van der Waals surface area contributed by atoms with Crippen LogP contribution in [-0.4, -0.2) is 78.9 Å². The van der Waals surface area contributed by atoms with Gasteiger partial charge in [0.2, 0.25) is 11.8 Å². The number of carbonyl (C=O) groups is 3. The van der Waals surface area contributed by atoms with Gasteiger partial charge < -0.3 is 24.8 Å². The number of aryl methyl sites for hydroxylation is 1. The molecule has 1 saturated heterocycles. The van der Waals surface area contributed by atoms with Crippen molar-refractivity contribution in [2.24, 2.45) is 5.92 Å². The maximum absolute atomic E-state index is 13.1. The van der Waals surface area contributed by atoms with E-state index in [4.69, 9.17) is 4.74 Å². The van der Waals surface area contributed by atoms with E-state index in [2.05, 4.69) is 15.2 Å². The van der Waals surface area contributed by atoms with Crippen LogP contribution < -0.4 is 15.0 Å². The van der Waals surface area contributed by atoms with Gasteiger partial charge in [0.1, 0.15) is 12.3 Å². The van der Waals surface area contributed by atoms with Crippen molar-refractivity contribution in [3.63, 3.8) is 0 Å². The van der Waals surface area contributed by atoms with E-state index in [9.17, 15) is 14.4 Å². The highest BCUT2D eigenvalue weighted by molar-refractivity contribution is 7.13. The summed E-state index contributed by atoms with van der Waals surface area (Å²) >= 11 is 1.28. The summed E-state index contributed by atoms with van der Waals surface area (Å²) in [4.78, 5) is 49.0. The molecule has 1 N–H and O–H groups in total. The molecule has 0 radical (unpaired) electrons. The molecule has 0 bridgehead atoms. The third kappa shape index (κ3) is 7.81. The number of piperazine rings is 1. The number of aromatic nitrogens is 1.